The highest BCUT2D eigenvalue weighted by molar-refractivity contribution is 7.92. The Morgan fingerprint density at radius 2 is 2.31 bits per heavy atom. The van der Waals surface area contributed by atoms with Gasteiger partial charge in [0.25, 0.3) is 0 Å². The van der Waals surface area contributed by atoms with E-state index in [0.717, 1.165) is 0 Å². The Morgan fingerprint density at radius 1 is 1.62 bits per heavy atom. The molecule has 0 N–H and O–H groups in total. The van der Waals surface area contributed by atoms with E-state index in [-0.39, 0.29) is 11.5 Å². The normalized spacial score (nSPS) is 14.1. The second-order valence-corrected chi connectivity index (χ2v) is 5.98. The van der Waals surface area contributed by atoms with Gasteiger partial charge in [0, 0.05) is 11.9 Å². The summed E-state index contributed by atoms with van der Waals surface area (Å²) in [6, 6.07) is 3.17. The molecule has 0 amide bonds. The second kappa shape index (κ2) is 5.22. The van der Waals surface area contributed by atoms with Crippen molar-refractivity contribution in [2.24, 2.45) is 4.47 Å². The Hall–Kier alpha value is -1.21. The van der Waals surface area contributed by atoms with E-state index < -0.39 is 14.8 Å². The molecule has 1 rings (SSSR count). The molecule has 0 aliphatic heterocycles. The van der Waals surface area contributed by atoms with Crippen LogP contribution in [0.1, 0.15) is 12.5 Å². The molecular weight excluding hydrogens is 254 g/mol. The Kier molecular flexibility index (Phi) is 4.19. The quantitative estimate of drug-likeness (QED) is 0.472. The number of rotatable bonds is 4. The molecule has 1 aromatic rings. The molecule has 8 heteroatoms. The molecule has 0 saturated carbocycles. The maximum absolute atomic E-state index is 11.9. The average molecular weight is 264 g/mol. The van der Waals surface area contributed by atoms with Gasteiger partial charge in [-0.25, -0.2) is 19.3 Å². The highest BCUT2D eigenvalue weighted by Gasteiger charge is 2.13. The van der Waals surface area contributed by atoms with Crippen LogP contribution in [0.4, 0.5) is 0 Å². The maximum Gasteiger partial charge on any atom is 0.199 e. The predicted molar refractivity (Wildman–Crippen MR) is 61.1 cm³/mol. The highest BCUT2D eigenvalue weighted by Crippen LogP contribution is 2.11. The highest BCUT2D eigenvalue weighted by atomic mass is 35.5. The molecule has 0 aliphatic rings. The number of nitro groups is 1. The van der Waals surface area contributed by atoms with E-state index >= 15 is 0 Å². The zero-order valence-electron chi connectivity index (χ0n) is 8.50. The first-order valence-corrected chi connectivity index (χ1v) is 6.65. The SMILES string of the molecule is CC[S@@](=O)(Cc1ccc(Cl)nc1)=N[N+](=O)[O-]. The summed E-state index contributed by atoms with van der Waals surface area (Å²) >= 11 is 5.59. The van der Waals surface area contributed by atoms with Crippen LogP contribution in [0.2, 0.25) is 5.15 Å². The summed E-state index contributed by atoms with van der Waals surface area (Å²) in [6.45, 7) is 1.60. The van der Waals surface area contributed by atoms with Crippen molar-refractivity contribution in [2.45, 2.75) is 12.7 Å². The lowest BCUT2D eigenvalue weighted by Crippen LogP contribution is -2.09. The molecule has 0 unspecified atom stereocenters. The first kappa shape index (κ1) is 12.9. The molecule has 0 radical (unpaired) electrons. The minimum absolute atomic E-state index is 0.00858. The van der Waals surface area contributed by atoms with Crippen molar-refractivity contribution in [3.8, 4) is 0 Å². The topological polar surface area (TPSA) is 85.5 Å². The van der Waals surface area contributed by atoms with Gasteiger partial charge in [0.05, 0.1) is 5.75 Å². The molecule has 88 valence electrons. The van der Waals surface area contributed by atoms with E-state index in [2.05, 4.69) is 9.46 Å². The fourth-order valence-electron chi connectivity index (χ4n) is 1.06. The largest absolute Gasteiger partial charge is 0.244 e. The van der Waals surface area contributed by atoms with Crippen molar-refractivity contribution < 1.29 is 9.24 Å². The van der Waals surface area contributed by atoms with Gasteiger partial charge in [0.15, 0.2) is 5.03 Å². The van der Waals surface area contributed by atoms with Gasteiger partial charge in [-0.1, -0.05) is 24.6 Å². The van der Waals surface area contributed by atoms with Crippen LogP contribution in [0, 0.1) is 10.1 Å². The number of hydrogen-bond donors (Lipinski definition) is 0. The standard InChI is InChI=1S/C8H10ClN3O3S/c1-2-16(15,11-12(13)14)6-7-3-4-8(9)10-5-7/h3-5H,2,6H2,1H3/t16-/m1/s1. The number of aromatic nitrogens is 1. The molecule has 0 bridgehead atoms. The summed E-state index contributed by atoms with van der Waals surface area (Å²) in [7, 11) is -2.85. The molecule has 1 aromatic heterocycles. The van der Waals surface area contributed by atoms with E-state index in [1.165, 1.54) is 6.20 Å². The van der Waals surface area contributed by atoms with Gasteiger partial charge in [-0.3, -0.25) is 0 Å². The van der Waals surface area contributed by atoms with Gasteiger partial charge in [0.2, 0.25) is 0 Å². The molecule has 16 heavy (non-hydrogen) atoms. The Balaban J connectivity index is 2.99. The van der Waals surface area contributed by atoms with Gasteiger partial charge in [-0.05, 0) is 11.6 Å². The number of hydrogen-bond acceptors (Lipinski definition) is 4. The molecular formula is C8H10ClN3O3S. The molecule has 1 atom stereocenters. The summed E-state index contributed by atoms with van der Waals surface area (Å²) < 4.78 is 15.0. The Morgan fingerprint density at radius 3 is 2.75 bits per heavy atom. The third-order valence-electron chi connectivity index (χ3n) is 1.85. The molecule has 0 saturated heterocycles. The lowest BCUT2D eigenvalue weighted by molar-refractivity contribution is -0.482. The third-order valence-corrected chi connectivity index (χ3v) is 4.19. The van der Waals surface area contributed by atoms with Crippen molar-refractivity contribution in [1.82, 2.24) is 4.98 Å². The summed E-state index contributed by atoms with van der Waals surface area (Å²) in [6.07, 6.45) is 1.44. The minimum Gasteiger partial charge on any atom is -0.244 e. The summed E-state index contributed by atoms with van der Waals surface area (Å²) in [5, 5.41) is 9.65. The van der Waals surface area contributed by atoms with Crippen LogP contribution >= 0.6 is 11.6 Å². The van der Waals surface area contributed by atoms with Crippen molar-refractivity contribution >= 4 is 21.3 Å². The molecule has 0 spiro atoms. The smallest absolute Gasteiger partial charge is 0.199 e. The summed E-state index contributed by atoms with van der Waals surface area (Å²) in [5.74, 6) is 0.130. The van der Waals surface area contributed by atoms with Gasteiger partial charge >= 0.3 is 0 Å². The molecule has 0 fully saturated rings. The van der Waals surface area contributed by atoms with Crippen LogP contribution in [0.15, 0.2) is 22.8 Å². The van der Waals surface area contributed by atoms with Gasteiger partial charge in [0.1, 0.15) is 19.4 Å². The molecule has 6 nitrogen and oxygen atoms in total. The molecule has 1 heterocycles. The van der Waals surface area contributed by atoms with Gasteiger partial charge < -0.3 is 0 Å². The van der Waals surface area contributed by atoms with Crippen molar-refractivity contribution in [3.63, 3.8) is 0 Å². The lowest BCUT2D eigenvalue weighted by atomic mass is 10.3. The van der Waals surface area contributed by atoms with Crippen LogP contribution in [-0.4, -0.2) is 20.0 Å². The zero-order chi connectivity index (χ0) is 12.2. The zero-order valence-corrected chi connectivity index (χ0v) is 10.1. The summed E-state index contributed by atoms with van der Waals surface area (Å²) in [5.41, 5.74) is 0.613. The fourth-order valence-corrected chi connectivity index (χ4v) is 2.49. The number of nitrogens with zero attached hydrogens (tertiary/aromatic N) is 3. The van der Waals surface area contributed by atoms with Gasteiger partial charge in [-0.15, -0.1) is 0 Å². The van der Waals surface area contributed by atoms with Crippen LogP contribution in [0.3, 0.4) is 0 Å². The number of pyridine rings is 1. The summed E-state index contributed by atoms with van der Waals surface area (Å²) in [4.78, 5) is 14.0. The van der Waals surface area contributed by atoms with Crippen molar-refractivity contribution in [2.75, 3.05) is 5.75 Å². The van der Waals surface area contributed by atoms with Crippen LogP contribution in [-0.2, 0) is 15.5 Å². The van der Waals surface area contributed by atoms with Crippen LogP contribution < -0.4 is 0 Å². The lowest BCUT2D eigenvalue weighted by Gasteiger charge is -2.03. The average Bonchev–Trinajstić information content (AvgIpc) is 2.20. The fraction of sp³-hybridized carbons (Fsp3) is 0.375. The van der Waals surface area contributed by atoms with E-state index in [1.807, 2.05) is 0 Å². The Bertz CT molecular complexity index is 494. The van der Waals surface area contributed by atoms with E-state index in [9.17, 15) is 14.3 Å². The van der Waals surface area contributed by atoms with E-state index in [1.54, 1.807) is 19.1 Å². The van der Waals surface area contributed by atoms with Crippen molar-refractivity contribution in [1.29, 1.82) is 0 Å². The van der Waals surface area contributed by atoms with Crippen molar-refractivity contribution in [3.05, 3.63) is 39.2 Å². The van der Waals surface area contributed by atoms with Gasteiger partial charge in [-0.2, -0.15) is 0 Å². The molecule has 0 aromatic carbocycles. The second-order valence-electron chi connectivity index (χ2n) is 3.01. The monoisotopic (exact) mass is 263 g/mol. The third kappa shape index (κ3) is 3.74. The van der Waals surface area contributed by atoms with E-state index in [4.69, 9.17) is 11.6 Å². The minimum atomic E-state index is -2.85. The first-order chi connectivity index (χ1) is 7.45. The predicted octanol–water partition coefficient (Wildman–Crippen LogP) is 1.91. The van der Waals surface area contributed by atoms with E-state index in [0.29, 0.717) is 10.7 Å². The van der Waals surface area contributed by atoms with Crippen LogP contribution in [0.25, 0.3) is 0 Å². The Labute approximate surface area is 98.0 Å². The number of halogens is 1. The van der Waals surface area contributed by atoms with Crippen LogP contribution in [0.5, 0.6) is 0 Å². The molecule has 0 aliphatic carbocycles. The first-order valence-electron chi connectivity index (χ1n) is 4.42. The maximum atomic E-state index is 11.9.